The van der Waals surface area contributed by atoms with Crippen LogP contribution in [0.1, 0.15) is 39.2 Å². The first kappa shape index (κ1) is 21.5. The summed E-state index contributed by atoms with van der Waals surface area (Å²) < 4.78 is 10.8. The number of rotatable bonds is 7. The largest absolute Gasteiger partial charge is 0.495 e. The average molecular weight is 378 g/mol. The molecular formula is C21H35N3O3. The molecule has 0 aliphatic carbocycles. The predicted molar refractivity (Wildman–Crippen MR) is 110 cm³/mol. The summed E-state index contributed by atoms with van der Waals surface area (Å²) in [6, 6.07) is 5.86. The molecule has 152 valence electrons. The number of ether oxygens (including phenoxy) is 2. The molecule has 27 heavy (non-hydrogen) atoms. The van der Waals surface area contributed by atoms with Crippen molar-refractivity contribution >= 4 is 11.7 Å². The Hall–Kier alpha value is -1.79. The van der Waals surface area contributed by atoms with E-state index in [1.165, 1.54) is 0 Å². The Balaban J connectivity index is 1.84. The van der Waals surface area contributed by atoms with Gasteiger partial charge in [-0.1, -0.05) is 26.8 Å². The summed E-state index contributed by atoms with van der Waals surface area (Å²) in [5, 5.41) is 3.00. The number of anilines is 1. The van der Waals surface area contributed by atoms with E-state index in [9.17, 15) is 4.79 Å². The van der Waals surface area contributed by atoms with Crippen LogP contribution in [0.3, 0.4) is 0 Å². The zero-order valence-electron chi connectivity index (χ0n) is 17.5. The highest BCUT2D eigenvalue weighted by molar-refractivity contribution is 5.91. The number of urea groups is 1. The maximum Gasteiger partial charge on any atom is 0.321 e. The van der Waals surface area contributed by atoms with Crippen molar-refractivity contribution in [1.82, 2.24) is 9.80 Å². The number of hydrogen-bond acceptors (Lipinski definition) is 4. The van der Waals surface area contributed by atoms with Crippen LogP contribution < -0.4 is 10.1 Å². The van der Waals surface area contributed by atoms with Gasteiger partial charge >= 0.3 is 6.03 Å². The number of carbonyl (C=O) groups excluding carboxylic acids is 1. The van der Waals surface area contributed by atoms with E-state index in [0.29, 0.717) is 5.75 Å². The lowest BCUT2D eigenvalue weighted by Gasteiger charge is -2.27. The van der Waals surface area contributed by atoms with Gasteiger partial charge in [-0.05, 0) is 42.5 Å². The van der Waals surface area contributed by atoms with Gasteiger partial charge < -0.3 is 19.7 Å². The number of carbonyl (C=O) groups is 1. The molecule has 0 aromatic heterocycles. The summed E-state index contributed by atoms with van der Waals surface area (Å²) >= 11 is 0. The number of nitrogens with one attached hydrogen (secondary N) is 1. The lowest BCUT2D eigenvalue weighted by atomic mass is 9.87. The van der Waals surface area contributed by atoms with Crippen LogP contribution in [0, 0.1) is 0 Å². The minimum Gasteiger partial charge on any atom is -0.495 e. The Labute approximate surface area is 163 Å². The molecule has 0 atom stereocenters. The van der Waals surface area contributed by atoms with Gasteiger partial charge in [0.2, 0.25) is 0 Å². The third-order valence-corrected chi connectivity index (χ3v) is 4.98. The van der Waals surface area contributed by atoms with E-state index >= 15 is 0 Å². The second-order valence-corrected chi connectivity index (χ2v) is 8.18. The lowest BCUT2D eigenvalue weighted by Crippen LogP contribution is -2.37. The van der Waals surface area contributed by atoms with Gasteiger partial charge in [0.1, 0.15) is 5.75 Å². The molecule has 0 unspecified atom stereocenters. The Kier molecular flexibility index (Phi) is 7.92. The quantitative estimate of drug-likeness (QED) is 0.738. The summed E-state index contributed by atoms with van der Waals surface area (Å²) in [6.07, 6.45) is 2.07. The summed E-state index contributed by atoms with van der Waals surface area (Å²) in [5.41, 5.74) is 1.89. The van der Waals surface area contributed by atoms with Crippen molar-refractivity contribution in [2.45, 2.75) is 39.0 Å². The molecule has 1 N–H and O–H groups in total. The van der Waals surface area contributed by atoms with Crippen molar-refractivity contribution in [3.63, 3.8) is 0 Å². The Bertz CT molecular complexity index is 607. The van der Waals surface area contributed by atoms with E-state index in [1.54, 1.807) is 12.0 Å². The third kappa shape index (κ3) is 6.70. The van der Waals surface area contributed by atoms with Crippen LogP contribution in [-0.2, 0) is 10.2 Å². The van der Waals surface area contributed by atoms with Gasteiger partial charge in [-0.3, -0.25) is 4.90 Å². The highest BCUT2D eigenvalue weighted by Crippen LogP contribution is 2.31. The molecule has 6 heteroatoms. The van der Waals surface area contributed by atoms with E-state index in [1.807, 2.05) is 25.2 Å². The highest BCUT2D eigenvalue weighted by Gasteiger charge is 2.18. The molecule has 0 radical (unpaired) electrons. The third-order valence-electron chi connectivity index (χ3n) is 4.98. The molecule has 1 aromatic rings. The van der Waals surface area contributed by atoms with Crippen LogP contribution >= 0.6 is 0 Å². The first-order valence-electron chi connectivity index (χ1n) is 9.82. The molecule has 1 aromatic carbocycles. The van der Waals surface area contributed by atoms with E-state index in [0.717, 1.165) is 63.5 Å². The first-order valence-corrected chi connectivity index (χ1v) is 9.82. The summed E-state index contributed by atoms with van der Waals surface area (Å²) in [5.74, 6) is 0.678. The van der Waals surface area contributed by atoms with Crippen molar-refractivity contribution < 1.29 is 14.3 Å². The second-order valence-electron chi connectivity index (χ2n) is 8.18. The SMILES string of the molecule is COc1ccc(C(C)(C)C)cc1NC(=O)N(C)CCCCN1CCOCC1. The van der Waals surface area contributed by atoms with E-state index in [4.69, 9.17) is 9.47 Å². The van der Waals surface area contributed by atoms with Crippen LogP contribution in [0.2, 0.25) is 0 Å². The molecule has 0 spiro atoms. The monoisotopic (exact) mass is 377 g/mol. The van der Waals surface area contributed by atoms with Gasteiger partial charge in [0, 0.05) is 26.7 Å². The average Bonchev–Trinajstić information content (AvgIpc) is 2.65. The van der Waals surface area contributed by atoms with Crippen LogP contribution in [0.15, 0.2) is 18.2 Å². The van der Waals surface area contributed by atoms with Crippen molar-refractivity contribution in [3.8, 4) is 5.75 Å². The predicted octanol–water partition coefficient (Wildman–Crippen LogP) is 3.57. The highest BCUT2D eigenvalue weighted by atomic mass is 16.5. The van der Waals surface area contributed by atoms with Crippen LogP contribution in [-0.4, -0.2) is 69.4 Å². The topological polar surface area (TPSA) is 54.0 Å². The minimum atomic E-state index is -0.106. The molecule has 2 amide bonds. The molecule has 6 nitrogen and oxygen atoms in total. The van der Waals surface area contributed by atoms with Crippen molar-refractivity contribution in [2.24, 2.45) is 0 Å². The van der Waals surface area contributed by atoms with Crippen molar-refractivity contribution in [2.75, 3.05) is 58.9 Å². The molecule has 1 heterocycles. The fourth-order valence-corrected chi connectivity index (χ4v) is 3.09. The number of nitrogens with zero attached hydrogens (tertiary/aromatic N) is 2. The number of morpholine rings is 1. The first-order chi connectivity index (χ1) is 12.8. The fourth-order valence-electron chi connectivity index (χ4n) is 3.09. The maximum atomic E-state index is 12.6. The smallest absolute Gasteiger partial charge is 0.321 e. The number of amides is 2. The Morgan fingerprint density at radius 3 is 2.59 bits per heavy atom. The Morgan fingerprint density at radius 2 is 1.96 bits per heavy atom. The number of methoxy groups -OCH3 is 1. The molecule has 1 aliphatic heterocycles. The zero-order chi connectivity index (χ0) is 19.9. The van der Waals surface area contributed by atoms with E-state index in [-0.39, 0.29) is 11.4 Å². The normalized spacial score (nSPS) is 15.4. The van der Waals surface area contributed by atoms with Gasteiger partial charge in [0.25, 0.3) is 0 Å². The maximum absolute atomic E-state index is 12.6. The van der Waals surface area contributed by atoms with Crippen LogP contribution in [0.4, 0.5) is 10.5 Å². The summed E-state index contributed by atoms with van der Waals surface area (Å²) in [7, 11) is 3.46. The van der Waals surface area contributed by atoms with E-state index < -0.39 is 0 Å². The molecule has 2 rings (SSSR count). The number of unbranched alkanes of at least 4 members (excludes halogenated alkanes) is 1. The zero-order valence-corrected chi connectivity index (χ0v) is 17.5. The molecule has 0 saturated carbocycles. The summed E-state index contributed by atoms with van der Waals surface area (Å²) in [4.78, 5) is 16.7. The van der Waals surface area contributed by atoms with Gasteiger partial charge in [0.15, 0.2) is 0 Å². The molecule has 1 fully saturated rings. The number of benzene rings is 1. The van der Waals surface area contributed by atoms with Crippen LogP contribution in [0.25, 0.3) is 0 Å². The lowest BCUT2D eigenvalue weighted by molar-refractivity contribution is 0.0370. The standard InChI is InChI=1S/C21H35N3O3/c1-21(2,3)17-8-9-19(26-5)18(16-17)22-20(25)23(4)10-6-7-11-24-12-14-27-15-13-24/h8-9,16H,6-7,10-15H2,1-5H3,(H,22,25). The Morgan fingerprint density at radius 1 is 1.26 bits per heavy atom. The van der Waals surface area contributed by atoms with Crippen molar-refractivity contribution in [3.05, 3.63) is 23.8 Å². The van der Waals surface area contributed by atoms with Gasteiger partial charge in [-0.2, -0.15) is 0 Å². The van der Waals surface area contributed by atoms with E-state index in [2.05, 4.69) is 31.0 Å². The van der Waals surface area contributed by atoms with Crippen molar-refractivity contribution in [1.29, 1.82) is 0 Å². The molecule has 1 saturated heterocycles. The second kappa shape index (κ2) is 9.95. The molecule has 0 bridgehead atoms. The van der Waals surface area contributed by atoms with Gasteiger partial charge in [-0.15, -0.1) is 0 Å². The number of hydrogen-bond donors (Lipinski definition) is 1. The summed E-state index contributed by atoms with van der Waals surface area (Å²) in [6.45, 7) is 12.0. The van der Waals surface area contributed by atoms with Gasteiger partial charge in [0.05, 0.1) is 26.0 Å². The molecule has 1 aliphatic rings. The van der Waals surface area contributed by atoms with Crippen LogP contribution in [0.5, 0.6) is 5.75 Å². The molecular weight excluding hydrogens is 342 g/mol. The minimum absolute atomic E-state index is 0.0111. The fraction of sp³-hybridized carbons (Fsp3) is 0.667. The van der Waals surface area contributed by atoms with Gasteiger partial charge in [-0.25, -0.2) is 4.79 Å².